The Morgan fingerprint density at radius 3 is 2.09 bits per heavy atom. The summed E-state index contributed by atoms with van der Waals surface area (Å²) in [6.45, 7) is 1.97. The molecule has 0 spiro atoms. The smallest absolute Gasteiger partial charge is 0.222 e. The second-order valence-electron chi connectivity index (χ2n) is 5.62. The summed E-state index contributed by atoms with van der Waals surface area (Å²) in [6, 6.07) is 18.3. The Morgan fingerprint density at radius 1 is 0.696 bits per heavy atom. The van der Waals surface area contributed by atoms with E-state index >= 15 is 0 Å². The van der Waals surface area contributed by atoms with Gasteiger partial charge in [0.2, 0.25) is 11.5 Å². The van der Waals surface area contributed by atoms with Gasteiger partial charge in [0.15, 0.2) is 17.7 Å². The standard InChI is InChI=1S/C20H14NO2/c1-13-7-4-5-12-21(13)17-11-6-10-16-18(17)20(23)15-9-3-2-8-14(15)19(16)22/h2-12H,1H3/q+1. The van der Waals surface area contributed by atoms with Gasteiger partial charge in [-0.25, -0.2) is 0 Å². The zero-order valence-corrected chi connectivity index (χ0v) is 12.6. The van der Waals surface area contributed by atoms with Crippen LogP contribution < -0.4 is 4.57 Å². The van der Waals surface area contributed by atoms with Crippen LogP contribution in [-0.2, 0) is 0 Å². The molecule has 1 aliphatic rings. The summed E-state index contributed by atoms with van der Waals surface area (Å²) < 4.78 is 1.94. The molecule has 1 heterocycles. The molecular weight excluding hydrogens is 286 g/mol. The van der Waals surface area contributed by atoms with E-state index < -0.39 is 0 Å². The van der Waals surface area contributed by atoms with Gasteiger partial charge < -0.3 is 0 Å². The first-order valence-electron chi connectivity index (χ1n) is 7.47. The number of ketones is 2. The second kappa shape index (κ2) is 4.99. The van der Waals surface area contributed by atoms with E-state index in [1.165, 1.54) is 0 Å². The van der Waals surface area contributed by atoms with Crippen LogP contribution in [-0.4, -0.2) is 11.6 Å². The van der Waals surface area contributed by atoms with Crippen LogP contribution in [0.1, 0.15) is 37.5 Å². The average Bonchev–Trinajstić information content (AvgIpc) is 2.59. The molecule has 0 atom stereocenters. The largest absolute Gasteiger partial charge is 0.289 e. The van der Waals surface area contributed by atoms with Gasteiger partial charge in [-0.15, -0.1) is 0 Å². The Morgan fingerprint density at radius 2 is 1.35 bits per heavy atom. The monoisotopic (exact) mass is 300 g/mol. The molecule has 0 radical (unpaired) electrons. The molecule has 0 N–H and O–H groups in total. The van der Waals surface area contributed by atoms with Crippen molar-refractivity contribution in [2.75, 3.05) is 0 Å². The maximum atomic E-state index is 13.0. The highest BCUT2D eigenvalue weighted by Crippen LogP contribution is 2.29. The lowest BCUT2D eigenvalue weighted by Crippen LogP contribution is -2.37. The first-order chi connectivity index (χ1) is 11.2. The molecule has 0 unspecified atom stereocenters. The molecule has 3 aromatic rings. The number of hydrogen-bond donors (Lipinski definition) is 0. The number of fused-ring (bicyclic) bond motifs is 2. The number of pyridine rings is 1. The van der Waals surface area contributed by atoms with Crippen molar-refractivity contribution in [2.45, 2.75) is 6.92 Å². The Bertz CT molecular complexity index is 973. The van der Waals surface area contributed by atoms with Crippen LogP contribution >= 0.6 is 0 Å². The fourth-order valence-electron chi connectivity index (χ4n) is 3.13. The van der Waals surface area contributed by atoms with Crippen molar-refractivity contribution in [3.05, 3.63) is 94.8 Å². The van der Waals surface area contributed by atoms with Gasteiger partial charge in [-0.05, 0) is 6.07 Å². The summed E-state index contributed by atoms with van der Waals surface area (Å²) >= 11 is 0. The van der Waals surface area contributed by atoms with Crippen LogP contribution in [0.4, 0.5) is 0 Å². The Hall–Kier alpha value is -3.07. The van der Waals surface area contributed by atoms with E-state index in [-0.39, 0.29) is 11.6 Å². The minimum atomic E-state index is -0.0958. The maximum Gasteiger partial charge on any atom is 0.222 e. The number of benzene rings is 2. The maximum absolute atomic E-state index is 13.0. The van der Waals surface area contributed by atoms with Crippen molar-refractivity contribution >= 4 is 11.6 Å². The predicted molar refractivity (Wildman–Crippen MR) is 86.0 cm³/mol. The van der Waals surface area contributed by atoms with E-state index in [4.69, 9.17) is 0 Å². The van der Waals surface area contributed by atoms with Gasteiger partial charge in [0, 0.05) is 41.8 Å². The van der Waals surface area contributed by atoms with E-state index in [0.717, 1.165) is 11.4 Å². The lowest BCUT2D eigenvalue weighted by molar-refractivity contribution is -0.602. The highest BCUT2D eigenvalue weighted by atomic mass is 16.1. The molecule has 1 aromatic heterocycles. The SMILES string of the molecule is Cc1cccc[n+]1-c1cccc2c1C(=O)c1ccccc1C2=O. The molecule has 0 aliphatic heterocycles. The molecule has 0 saturated carbocycles. The van der Waals surface area contributed by atoms with Gasteiger partial charge in [-0.1, -0.05) is 36.4 Å². The molecule has 0 fully saturated rings. The molecule has 3 nitrogen and oxygen atoms in total. The molecule has 0 amide bonds. The minimum Gasteiger partial charge on any atom is -0.289 e. The van der Waals surface area contributed by atoms with Crippen LogP contribution in [0, 0.1) is 6.92 Å². The first kappa shape index (κ1) is 13.6. The Kier molecular flexibility index (Phi) is 2.95. The van der Waals surface area contributed by atoms with Crippen molar-refractivity contribution in [3.63, 3.8) is 0 Å². The van der Waals surface area contributed by atoms with Gasteiger partial charge in [-0.2, -0.15) is 4.57 Å². The number of carbonyl (C=O) groups is 2. The summed E-state index contributed by atoms with van der Waals surface area (Å²) in [5.41, 5.74) is 3.66. The predicted octanol–water partition coefficient (Wildman–Crippen LogP) is 3.05. The lowest BCUT2D eigenvalue weighted by atomic mass is 9.83. The number of aromatic nitrogens is 1. The number of hydrogen-bond acceptors (Lipinski definition) is 2. The fourth-order valence-corrected chi connectivity index (χ4v) is 3.13. The fraction of sp³-hybridized carbons (Fsp3) is 0.0500. The Labute approximate surface area is 133 Å². The summed E-state index contributed by atoms with van der Waals surface area (Å²) in [7, 11) is 0. The third-order valence-corrected chi connectivity index (χ3v) is 4.25. The topological polar surface area (TPSA) is 38.0 Å². The third-order valence-electron chi connectivity index (χ3n) is 4.25. The van der Waals surface area contributed by atoms with Crippen molar-refractivity contribution < 1.29 is 14.2 Å². The number of rotatable bonds is 1. The van der Waals surface area contributed by atoms with Crippen molar-refractivity contribution in [1.29, 1.82) is 0 Å². The average molecular weight is 300 g/mol. The highest BCUT2D eigenvalue weighted by Gasteiger charge is 2.34. The zero-order chi connectivity index (χ0) is 16.0. The van der Waals surface area contributed by atoms with Crippen LogP contribution in [0.3, 0.4) is 0 Å². The first-order valence-corrected chi connectivity index (χ1v) is 7.47. The van der Waals surface area contributed by atoms with E-state index in [9.17, 15) is 9.59 Å². The van der Waals surface area contributed by atoms with E-state index in [2.05, 4.69) is 0 Å². The second-order valence-corrected chi connectivity index (χ2v) is 5.62. The summed E-state index contributed by atoms with van der Waals surface area (Å²) in [6.07, 6.45) is 1.91. The van der Waals surface area contributed by atoms with Gasteiger partial charge in [0.25, 0.3) is 0 Å². The van der Waals surface area contributed by atoms with E-state index in [1.807, 2.05) is 48.0 Å². The molecular formula is C20H14NO2+. The molecule has 4 rings (SSSR count). The van der Waals surface area contributed by atoms with Crippen LogP contribution in [0.2, 0.25) is 0 Å². The normalized spacial score (nSPS) is 12.7. The molecule has 1 aliphatic carbocycles. The van der Waals surface area contributed by atoms with Crippen molar-refractivity contribution in [3.8, 4) is 5.69 Å². The zero-order valence-electron chi connectivity index (χ0n) is 12.6. The number of aryl methyl sites for hydroxylation is 1. The van der Waals surface area contributed by atoms with Gasteiger partial charge in [0.1, 0.15) is 5.56 Å². The van der Waals surface area contributed by atoms with Crippen molar-refractivity contribution in [1.82, 2.24) is 0 Å². The quantitative estimate of drug-likeness (QED) is 0.507. The molecule has 0 bridgehead atoms. The molecule has 3 heteroatoms. The number of nitrogens with zero attached hydrogens (tertiary/aromatic N) is 1. The van der Waals surface area contributed by atoms with Crippen LogP contribution in [0.15, 0.2) is 66.9 Å². The molecule has 2 aromatic carbocycles. The summed E-state index contributed by atoms with van der Waals surface area (Å²) in [5.74, 6) is -0.187. The van der Waals surface area contributed by atoms with Crippen molar-refractivity contribution in [2.24, 2.45) is 0 Å². The third kappa shape index (κ3) is 1.94. The summed E-state index contributed by atoms with van der Waals surface area (Å²) in [4.78, 5) is 25.8. The van der Waals surface area contributed by atoms with Crippen LogP contribution in [0.25, 0.3) is 5.69 Å². The molecule has 23 heavy (non-hydrogen) atoms. The van der Waals surface area contributed by atoms with E-state index in [0.29, 0.717) is 22.3 Å². The molecule has 110 valence electrons. The Balaban J connectivity index is 2.03. The van der Waals surface area contributed by atoms with E-state index in [1.54, 1.807) is 30.3 Å². The minimum absolute atomic E-state index is 0.0914. The number of carbonyl (C=O) groups excluding carboxylic acids is 2. The molecule has 0 saturated heterocycles. The van der Waals surface area contributed by atoms with Gasteiger partial charge >= 0.3 is 0 Å². The van der Waals surface area contributed by atoms with Gasteiger partial charge in [-0.3, -0.25) is 9.59 Å². The van der Waals surface area contributed by atoms with Gasteiger partial charge in [0.05, 0.1) is 0 Å². The van der Waals surface area contributed by atoms with Crippen LogP contribution in [0.5, 0.6) is 0 Å². The summed E-state index contributed by atoms with van der Waals surface area (Å²) in [5, 5.41) is 0. The highest BCUT2D eigenvalue weighted by molar-refractivity contribution is 6.29. The lowest BCUT2D eigenvalue weighted by Gasteiger charge is -2.17.